The van der Waals surface area contributed by atoms with Crippen LogP contribution in [0.3, 0.4) is 0 Å². The number of ether oxygens (including phenoxy) is 4. The second-order valence-electron chi connectivity index (χ2n) is 23.3. The third-order valence-corrected chi connectivity index (χ3v) is 15.0. The quantitative estimate of drug-likeness (QED) is 0.0787. The van der Waals surface area contributed by atoms with Crippen LogP contribution in [0.1, 0.15) is 172 Å². The zero-order valence-electron chi connectivity index (χ0n) is 48.0. The van der Waals surface area contributed by atoms with Gasteiger partial charge in [-0.25, -0.2) is 24.0 Å². The Bertz CT molecular complexity index is 2580. The second kappa shape index (κ2) is 30.2. The molecule has 4 N–H and O–H groups in total. The van der Waals surface area contributed by atoms with Crippen LogP contribution < -0.4 is 21.3 Å². The maximum atomic E-state index is 14.0. The Morgan fingerprint density at radius 1 is 0.707 bits per heavy atom. The first-order valence-corrected chi connectivity index (χ1v) is 29.5. The molecule has 1 aromatic rings. The van der Waals surface area contributed by atoms with E-state index in [0.717, 1.165) is 44.8 Å². The molecular formula is C56H90N9O15SY-. The van der Waals surface area contributed by atoms with E-state index in [1.165, 1.54) is 14.6 Å². The molecule has 0 aromatic carbocycles. The first kappa shape index (κ1) is 71.3. The van der Waals surface area contributed by atoms with Crippen molar-refractivity contribution in [1.29, 1.82) is 0 Å². The van der Waals surface area contributed by atoms with E-state index in [4.69, 9.17) is 23.1 Å². The molecule has 2 saturated heterocycles. The summed E-state index contributed by atoms with van der Waals surface area (Å²) in [5.74, 6) is -3.44. The van der Waals surface area contributed by atoms with Crippen molar-refractivity contribution in [2.75, 3.05) is 32.6 Å². The van der Waals surface area contributed by atoms with Crippen molar-refractivity contribution in [2.45, 2.75) is 226 Å². The van der Waals surface area contributed by atoms with Gasteiger partial charge in [0, 0.05) is 70.5 Å². The van der Waals surface area contributed by atoms with Crippen molar-refractivity contribution in [2.24, 2.45) is 11.8 Å². The van der Waals surface area contributed by atoms with E-state index < -0.39 is 105 Å². The predicted octanol–water partition coefficient (Wildman–Crippen LogP) is 5.43. The molecular weight excluding hydrogens is 1160 g/mol. The minimum Gasteiger partial charge on any atom is -0.464 e. The van der Waals surface area contributed by atoms with Crippen molar-refractivity contribution >= 4 is 57.9 Å². The Morgan fingerprint density at radius 2 is 1.15 bits per heavy atom. The van der Waals surface area contributed by atoms with E-state index in [2.05, 4.69) is 37.7 Å². The second-order valence-corrected chi connectivity index (χ2v) is 24.9. The zero-order chi connectivity index (χ0) is 58.1. The Labute approximate surface area is 509 Å². The van der Waals surface area contributed by atoms with Crippen molar-refractivity contribution < 1.29 is 103 Å². The molecule has 10 atom stereocenters. The third-order valence-electron chi connectivity index (χ3n) is 14.4. The van der Waals surface area contributed by atoms with Gasteiger partial charge in [-0.2, -0.15) is 13.5 Å². The van der Waals surface area contributed by atoms with Gasteiger partial charge in [-0.1, -0.05) is 71.8 Å². The van der Waals surface area contributed by atoms with Crippen LogP contribution in [0, 0.1) is 25.0 Å². The molecule has 24 nitrogen and oxygen atoms in total. The summed E-state index contributed by atoms with van der Waals surface area (Å²) in [5.41, 5.74) is -3.32. The first-order chi connectivity index (χ1) is 37.1. The number of alkyl carbamates (subject to hydrolysis) is 2. The van der Waals surface area contributed by atoms with Crippen LogP contribution in [0.2, 0.25) is 0 Å². The number of nitrogens with one attached hydrogen (secondary N) is 4. The number of carbonyl (C=O) groups excluding carboxylic acids is 8. The van der Waals surface area contributed by atoms with E-state index in [1.54, 1.807) is 62.3 Å². The average Bonchev–Trinajstić information content (AvgIpc) is 3.24. The molecule has 2 aliphatic carbocycles. The summed E-state index contributed by atoms with van der Waals surface area (Å²) in [7, 11) is -3.87. The van der Waals surface area contributed by atoms with Crippen molar-refractivity contribution in [3.63, 3.8) is 0 Å². The van der Waals surface area contributed by atoms with Crippen LogP contribution in [0.25, 0.3) is 0 Å². The van der Waals surface area contributed by atoms with Crippen LogP contribution in [0.4, 0.5) is 9.59 Å². The molecule has 1 radical (unpaired) electrons. The molecule has 4 aliphatic heterocycles. The van der Waals surface area contributed by atoms with Gasteiger partial charge in [-0.3, -0.25) is 23.4 Å². The molecule has 7 rings (SSSR count). The number of rotatable bonds is 9. The molecule has 4 fully saturated rings. The minimum absolute atomic E-state index is 0. The number of esters is 2. The number of allylic oxidation sites excluding steroid dienone is 2. The van der Waals surface area contributed by atoms with Crippen LogP contribution in [-0.2, 0) is 94.7 Å². The van der Waals surface area contributed by atoms with Gasteiger partial charge >= 0.3 is 24.1 Å². The van der Waals surface area contributed by atoms with Crippen LogP contribution in [0.15, 0.2) is 24.3 Å². The number of carbonyl (C=O) groups is 8. The standard InChI is InChI=1S/C28H41N6O6.C26H41N3O9S.2CH4.Y/c1-6-39-25(37)28-15-19(28)12-10-8-7-9-11-13-21(30-26(38)40-27(3,4)5)24(36)33-17-20(14-22(33)23(35)31-28)34-29-16-18(2)32-34;1-6-36-23(32)26-15-17(26)12-10-8-7-9-11-13-19(27-24(33)37-25(2,3)4)22(31)29-16-18(38-39(5,34)35)14-20(29)21(30)28-26;;;/h10,12,19-22H,6-9,11,13-15,17H2,1-5H3,(H,30,38)(H,31,35);10,12,17-20H,6-9,11,13-16H2,1-5H3,(H,27,33)(H,28,30);2*1H4;/q-1;;;;/b2*12-10-;;;/t19-,20?,21+,22+,28-;17-,18?,19+,20+,26-;;;/m11.../s1. The average molecular weight is 1250 g/mol. The smallest absolute Gasteiger partial charge is 0.408 e. The number of aromatic nitrogens is 3. The monoisotopic (exact) mass is 1250 g/mol. The number of hydrogen-bond donors (Lipinski definition) is 4. The van der Waals surface area contributed by atoms with Crippen molar-refractivity contribution in [1.82, 2.24) is 46.1 Å². The number of amides is 6. The Morgan fingerprint density at radius 3 is 1.55 bits per heavy atom. The van der Waals surface area contributed by atoms with Crippen LogP contribution >= 0.6 is 0 Å². The fraction of sp³-hybridized carbons (Fsp3) is 0.750. The van der Waals surface area contributed by atoms with Gasteiger partial charge in [-0.05, 0) is 107 Å². The number of aryl methyl sites for hydroxylation is 1. The topological polar surface area (TPSA) is 302 Å². The van der Waals surface area contributed by atoms with Gasteiger partial charge in [0.05, 0.1) is 31.6 Å². The summed E-state index contributed by atoms with van der Waals surface area (Å²) in [6.07, 6.45) is 17.1. The molecule has 0 bridgehead atoms. The minimum atomic E-state index is -3.87. The van der Waals surface area contributed by atoms with Crippen molar-refractivity contribution in [3.05, 3.63) is 36.2 Å². The number of hydrogen-bond acceptors (Lipinski definition) is 17. The summed E-state index contributed by atoms with van der Waals surface area (Å²) >= 11 is 0. The Kier molecular flexibility index (Phi) is 26.2. The summed E-state index contributed by atoms with van der Waals surface area (Å²) < 4.78 is 50.2. The van der Waals surface area contributed by atoms with Crippen LogP contribution in [-0.4, -0.2) is 166 Å². The van der Waals surface area contributed by atoms with Gasteiger partial charge < -0.3 is 61.3 Å². The molecule has 459 valence electrons. The third kappa shape index (κ3) is 19.5. The molecule has 6 amide bonds. The van der Waals surface area contributed by atoms with Gasteiger partial charge in [0.1, 0.15) is 46.4 Å². The van der Waals surface area contributed by atoms with E-state index in [0.29, 0.717) is 44.2 Å². The summed E-state index contributed by atoms with van der Waals surface area (Å²) in [6.45, 7) is 15.9. The fourth-order valence-electron chi connectivity index (χ4n) is 10.5. The normalized spacial score (nSPS) is 29.5. The first-order valence-electron chi connectivity index (χ1n) is 27.7. The molecule has 5 heterocycles. The number of nitrogens with zero attached hydrogens (tertiary/aromatic N) is 5. The maximum Gasteiger partial charge on any atom is 0.408 e. The van der Waals surface area contributed by atoms with E-state index in [1.807, 2.05) is 24.3 Å². The Hall–Kier alpha value is -5.01. The largest absolute Gasteiger partial charge is 0.464 e. The summed E-state index contributed by atoms with van der Waals surface area (Å²) in [6, 6.07) is -4.27. The molecule has 26 heteroatoms. The molecule has 2 unspecified atom stereocenters. The zero-order valence-corrected chi connectivity index (χ0v) is 51.7. The fourth-order valence-corrected chi connectivity index (χ4v) is 11.1. The summed E-state index contributed by atoms with van der Waals surface area (Å²) in [4.78, 5) is 111. The summed E-state index contributed by atoms with van der Waals surface area (Å²) in [5, 5.41) is 19.7. The van der Waals surface area contributed by atoms with Gasteiger partial charge in [0.25, 0.3) is 10.1 Å². The molecule has 6 aliphatic rings. The van der Waals surface area contributed by atoms with Gasteiger partial charge in [0.2, 0.25) is 23.6 Å². The van der Waals surface area contributed by atoms with E-state index in [9.17, 15) is 46.8 Å². The van der Waals surface area contributed by atoms with E-state index >= 15 is 0 Å². The van der Waals surface area contributed by atoms with Crippen LogP contribution in [0.5, 0.6) is 0 Å². The SMILES string of the molecule is C.C.CCOC(=O)[C@@]12C[C@H]1/C=C\CCCCC[C@H](NC(=O)OC(C)(C)C)C(=O)N1CC(OS(C)(=O)=O)C[C@H]1C(=O)N2.CCOC(=O)[C@@]12C[C@H]1/C=C\CCCCC[C@H](NC(=O)OC(C)(C)C)C(=O)N1CC(n3n[c-]c(C)n3)C[C@H]1C(=O)N2.[Y]. The number of fused-ring (bicyclic) bond motifs is 4. The molecule has 82 heavy (non-hydrogen) atoms. The Balaban J connectivity index is 0.000000415. The maximum absolute atomic E-state index is 14.0. The van der Waals surface area contributed by atoms with Crippen molar-refractivity contribution in [3.8, 4) is 0 Å². The molecule has 2 saturated carbocycles. The van der Waals surface area contributed by atoms with Gasteiger partial charge in [-0.15, -0.1) is 5.69 Å². The van der Waals surface area contributed by atoms with Gasteiger partial charge in [0.15, 0.2) is 0 Å². The molecule has 0 spiro atoms. The van der Waals surface area contributed by atoms with E-state index in [-0.39, 0.29) is 110 Å². The molecule has 1 aromatic heterocycles. The predicted molar refractivity (Wildman–Crippen MR) is 298 cm³/mol.